The number of likely N-dealkylation sites (N-methyl/N-ethyl adjacent to an activating group) is 2. The van der Waals surface area contributed by atoms with Crippen LogP contribution in [0.25, 0.3) is 10.8 Å². The number of fused-ring (bicyclic) bond motifs is 1. The summed E-state index contributed by atoms with van der Waals surface area (Å²) in [6.45, 7) is 19.5. The van der Waals surface area contributed by atoms with Crippen molar-refractivity contribution in [3.63, 3.8) is 0 Å². The number of ketones is 1. The molecule has 1 saturated carbocycles. The Hall–Kier alpha value is -9.35. The van der Waals surface area contributed by atoms with Crippen LogP contribution < -0.4 is 31.1 Å². The molecule has 2 saturated heterocycles. The van der Waals surface area contributed by atoms with Gasteiger partial charge < -0.3 is 49.6 Å². The van der Waals surface area contributed by atoms with E-state index in [2.05, 4.69) is 176 Å². The van der Waals surface area contributed by atoms with Gasteiger partial charge in [-0.2, -0.15) is 31.3 Å². The molecule has 2 aromatic heterocycles. The average Bonchev–Trinajstić information content (AvgIpc) is 1.23. The number of benzene rings is 8. The molecule has 0 bridgehead atoms. The predicted octanol–water partition coefficient (Wildman–Crippen LogP) is 19.5. The molecule has 3 fully saturated rings. The smallest absolute Gasteiger partial charge is 0.416 e. The first-order valence-corrected chi connectivity index (χ1v) is 43.8. The number of aliphatic hydroxyl groups is 1. The Bertz CT molecular complexity index is 4950. The highest BCUT2D eigenvalue weighted by atomic mass is 35.5. The third-order valence-corrected chi connectivity index (χ3v) is 22.8. The number of rotatable bonds is 28. The number of thiophene rings is 1. The molecule has 2 aliphatic heterocycles. The Morgan fingerprint density at radius 1 is 0.738 bits per heavy atom. The molecular formula is C97H119Cl2F7N10O9S. The summed E-state index contributed by atoms with van der Waals surface area (Å²) < 4.78 is 122. The molecule has 3 aliphatic rings. The van der Waals surface area contributed by atoms with Crippen LogP contribution in [-0.2, 0) is 39.5 Å². The number of methoxy groups -OCH3 is 1. The van der Waals surface area contributed by atoms with Crippen molar-refractivity contribution in [2.75, 3.05) is 107 Å². The monoisotopic (exact) mass is 1800 g/mol. The number of aromatic amines is 2. The predicted molar refractivity (Wildman–Crippen MR) is 487 cm³/mol. The number of aromatic nitrogens is 3. The van der Waals surface area contributed by atoms with Gasteiger partial charge in [-0.3, -0.25) is 29.4 Å². The molecule has 6 N–H and O–H groups in total. The van der Waals surface area contributed by atoms with Crippen molar-refractivity contribution in [1.82, 2.24) is 50.7 Å². The number of H-pyrrole nitrogens is 2. The number of carbonyl (C=O) groups is 2. The van der Waals surface area contributed by atoms with Gasteiger partial charge in [-0.1, -0.05) is 158 Å². The Kier molecular flexibility index (Phi) is 40.8. The first-order valence-electron chi connectivity index (χ1n) is 42.2. The SMILES string of the molecule is C#CCN(C)[C@H](C)Cc1ccccc1.CC(NC(C)(C)C)C(=O)c1cccc(Cl)c1.CNCC[C@H](Oc1cccc2ccccc12)c1cccs1.COc1ccc(C(CN(C)C)C2(O)CCCCC2)cc1.C[C@@H](O[C@@H]1OCCN(Cc2nc(=O)[nH][nH]2)[C@@H]1c1ccc(F)cc1)c1cc(C(F)(F)F)cc(C(F)(F)F)c1.O=C(NCCN1CCOCC1)c1ccc(Cl)cc1. The Labute approximate surface area is 750 Å². The maximum atomic E-state index is 13.6. The van der Waals surface area contributed by atoms with E-state index in [1.54, 1.807) is 71.9 Å². The number of carbonyl (C=O) groups excluding carboxylic acids is 2. The highest BCUT2D eigenvalue weighted by Gasteiger charge is 2.42. The maximum Gasteiger partial charge on any atom is 0.416 e. The van der Waals surface area contributed by atoms with E-state index in [0.29, 0.717) is 64.5 Å². The van der Waals surface area contributed by atoms with Crippen molar-refractivity contribution >= 4 is 57.0 Å². The van der Waals surface area contributed by atoms with Crippen LogP contribution in [0.2, 0.25) is 10.0 Å². The molecule has 10 aromatic rings. The number of nitrogens with one attached hydrogen (secondary N) is 5. The lowest BCUT2D eigenvalue weighted by Crippen LogP contribution is -2.46. The molecule has 4 heterocycles. The molecule has 2 unspecified atom stereocenters. The van der Waals surface area contributed by atoms with Crippen LogP contribution in [0.4, 0.5) is 30.7 Å². The zero-order chi connectivity index (χ0) is 91.6. The topological polar surface area (TPSA) is 211 Å². The molecule has 13 rings (SSSR count). The lowest BCUT2D eigenvalue weighted by molar-refractivity contribution is -0.231. The number of halogens is 9. The number of alkyl halides is 6. The number of terminal acetylenes is 1. The van der Waals surface area contributed by atoms with Gasteiger partial charge in [-0.25, -0.2) is 14.3 Å². The second-order valence-corrected chi connectivity index (χ2v) is 34.4. The zero-order valence-electron chi connectivity index (χ0n) is 73.4. The summed E-state index contributed by atoms with van der Waals surface area (Å²) in [5, 5.41) is 31.1. The summed E-state index contributed by atoms with van der Waals surface area (Å²) in [4.78, 5) is 48.8. The van der Waals surface area contributed by atoms with E-state index in [-0.39, 0.29) is 65.9 Å². The lowest BCUT2D eigenvalue weighted by atomic mass is 9.72. The highest BCUT2D eigenvalue weighted by Crippen LogP contribution is 2.43. The molecule has 1 amide bonds. The van der Waals surface area contributed by atoms with Gasteiger partial charge in [0.2, 0.25) is 0 Å². The number of morpholine rings is 2. The molecule has 7 atom stereocenters. The summed E-state index contributed by atoms with van der Waals surface area (Å²) in [7, 11) is 9.86. The van der Waals surface area contributed by atoms with Crippen molar-refractivity contribution < 1.29 is 69.1 Å². The molecule has 126 heavy (non-hydrogen) atoms. The van der Waals surface area contributed by atoms with E-state index in [4.69, 9.17) is 53.3 Å². The second kappa shape index (κ2) is 50.4. The average molecular weight is 1810 g/mol. The van der Waals surface area contributed by atoms with E-state index >= 15 is 0 Å². The summed E-state index contributed by atoms with van der Waals surface area (Å²) in [6.07, 6.45) is 0.302. The third kappa shape index (κ3) is 33.7. The normalized spacial score (nSPS) is 16.6. The maximum absolute atomic E-state index is 13.6. The molecule has 1 aliphatic carbocycles. The lowest BCUT2D eigenvalue weighted by Gasteiger charge is -2.41. The largest absolute Gasteiger partial charge is 0.497 e. The number of ether oxygens (including phenoxy) is 5. The van der Waals surface area contributed by atoms with Crippen molar-refractivity contribution in [2.45, 2.75) is 159 Å². The van der Waals surface area contributed by atoms with Gasteiger partial charge in [0.1, 0.15) is 29.2 Å². The van der Waals surface area contributed by atoms with Crippen LogP contribution in [0.15, 0.2) is 210 Å². The Morgan fingerprint density at radius 2 is 1.39 bits per heavy atom. The molecule has 680 valence electrons. The highest BCUT2D eigenvalue weighted by molar-refractivity contribution is 7.10. The van der Waals surface area contributed by atoms with Crippen molar-refractivity contribution in [1.29, 1.82) is 0 Å². The number of amides is 1. The molecule has 8 aromatic carbocycles. The quantitative estimate of drug-likeness (QED) is 0.0153. The minimum atomic E-state index is -5.01. The van der Waals surface area contributed by atoms with Crippen molar-refractivity contribution in [3.8, 4) is 23.8 Å². The van der Waals surface area contributed by atoms with Gasteiger partial charge in [0.25, 0.3) is 5.91 Å². The first-order chi connectivity index (χ1) is 60.0. The van der Waals surface area contributed by atoms with Crippen LogP contribution in [-0.4, -0.2) is 189 Å². The van der Waals surface area contributed by atoms with E-state index in [9.17, 15) is 50.2 Å². The summed E-state index contributed by atoms with van der Waals surface area (Å²) in [5.74, 6) is 4.43. The fraction of sp³-hybridized carbons (Fsp3) is 0.423. The zero-order valence-corrected chi connectivity index (χ0v) is 75.8. The van der Waals surface area contributed by atoms with Gasteiger partial charge >= 0.3 is 18.0 Å². The first kappa shape index (κ1) is 102. The van der Waals surface area contributed by atoms with E-state index in [1.165, 1.54) is 64.4 Å². The van der Waals surface area contributed by atoms with Crippen LogP contribution in [0.3, 0.4) is 0 Å². The molecular weight excluding hydrogens is 1690 g/mol. The number of hydrogen-bond donors (Lipinski definition) is 6. The van der Waals surface area contributed by atoms with Gasteiger partial charge in [-0.05, 0) is 220 Å². The summed E-state index contributed by atoms with van der Waals surface area (Å²) >= 11 is 13.4. The Balaban J connectivity index is 0.000000194. The summed E-state index contributed by atoms with van der Waals surface area (Å²) in [6, 6.07) is 57.5. The molecule has 0 radical (unpaired) electrons. The Morgan fingerprint density at radius 3 is 1.98 bits per heavy atom. The van der Waals surface area contributed by atoms with Gasteiger partial charge in [0.15, 0.2) is 12.1 Å². The minimum absolute atomic E-state index is 0.0427. The fourth-order valence-electron chi connectivity index (χ4n) is 14.7. The van der Waals surface area contributed by atoms with Crippen LogP contribution in [0.1, 0.15) is 169 Å². The van der Waals surface area contributed by atoms with Crippen LogP contribution >= 0.6 is 34.5 Å². The minimum Gasteiger partial charge on any atom is -0.497 e. The van der Waals surface area contributed by atoms with Crippen LogP contribution in [0.5, 0.6) is 11.5 Å². The number of hydrogen-bond acceptors (Lipinski definition) is 17. The van der Waals surface area contributed by atoms with Gasteiger partial charge in [0.05, 0.1) is 74.9 Å². The molecule has 0 spiro atoms. The van der Waals surface area contributed by atoms with Gasteiger partial charge in [-0.15, -0.1) is 17.8 Å². The standard InChI is InChI=1S/C23H21F7N4O3.C18H19NOS.C17H27NO2.C13H17ClN2O2.C13H18ClNO.C13H17N/c1-12(14-8-15(22(25,26)27)10-16(9-14)23(28,29)30)37-20-19(13-2-4-17(24)5-3-13)34(6-7-36-20)11-18-31-21(35)33-32-18;1-19-12-11-17(18-10-5-13-21-18)20-16-9-4-7-14-6-2-3-8-15(14)16;1-18(2)13-16(17(19)11-5-4-6-12-17)14-7-9-15(20-3)10-8-14;14-12-3-1-11(2-4-12)13(17)15-5-6-16-7-9-18-10-8-16;1-9(15-13(2,3)4)12(16)10-6-5-7-11(14)8-10;1-4-10-14(3)12(2)11-13-8-6-5-7-9-13/h2-5,8-10,12,19-20H,6-7,11H2,1H3,(H2,31,32,33,35);2-10,13,17,19H,11-12H2,1H3;7-10,16,19H,4-6,11-13H2,1-3H3;1-4H,5-10H2,(H,15,17);5-9,15H,1-4H3;1,5-9,12H,10-11H2,2-3H3/t12-,19-,20+;17-;;;;12-/m10...1/s1. The van der Waals surface area contributed by atoms with E-state index < -0.39 is 59.0 Å². The van der Waals surface area contributed by atoms with Gasteiger partial charge in [0, 0.05) is 94.6 Å². The van der Waals surface area contributed by atoms with Crippen LogP contribution in [0, 0.1) is 18.2 Å². The second-order valence-electron chi connectivity index (χ2n) is 32.5. The summed E-state index contributed by atoms with van der Waals surface area (Å²) in [5.41, 5.74) is -0.134. The van der Waals surface area contributed by atoms with Crippen molar-refractivity contribution in [3.05, 3.63) is 287 Å². The van der Waals surface area contributed by atoms with E-state index in [1.807, 2.05) is 52.9 Å². The number of Topliss-reactive ketones (excluding diaryl/α,β-unsaturated/α-hetero) is 1. The molecule has 19 nitrogen and oxygen atoms in total. The third-order valence-electron chi connectivity index (χ3n) is 21.4. The molecule has 29 heteroatoms. The van der Waals surface area contributed by atoms with E-state index in [0.717, 1.165) is 96.0 Å². The fourth-order valence-corrected chi connectivity index (χ4v) is 15.8. The van der Waals surface area contributed by atoms with Crippen molar-refractivity contribution in [2.24, 2.45) is 0 Å². The number of nitrogens with zero attached hydrogens (tertiary/aromatic N) is 5.